The first-order valence-electron chi connectivity index (χ1n) is 4.95. The molecule has 1 unspecified atom stereocenters. The van der Waals surface area contributed by atoms with E-state index in [9.17, 15) is 0 Å². The maximum absolute atomic E-state index is 5.97. The van der Waals surface area contributed by atoms with Crippen molar-refractivity contribution in [2.75, 3.05) is 0 Å². The van der Waals surface area contributed by atoms with E-state index in [0.29, 0.717) is 11.8 Å². The van der Waals surface area contributed by atoms with Crippen LogP contribution in [0.25, 0.3) is 0 Å². The van der Waals surface area contributed by atoms with Crippen molar-refractivity contribution in [3.63, 3.8) is 0 Å². The smallest absolute Gasteiger partial charge is 0.0641 e. The lowest BCUT2D eigenvalue weighted by molar-refractivity contribution is 0.281. The summed E-state index contributed by atoms with van der Waals surface area (Å²) < 4.78 is 0. The molecular weight excluding hydrogens is 148 g/mol. The number of hydrogen-bond acceptors (Lipinski definition) is 2. The van der Waals surface area contributed by atoms with Crippen molar-refractivity contribution in [2.45, 2.75) is 52.6 Å². The van der Waals surface area contributed by atoms with E-state index < -0.39 is 5.66 Å². The Bertz CT molecular complexity index is 119. The average Bonchev–Trinajstić information content (AvgIpc) is 1.83. The van der Waals surface area contributed by atoms with E-state index in [4.69, 9.17) is 11.5 Å². The van der Waals surface area contributed by atoms with E-state index in [1.165, 1.54) is 0 Å². The molecule has 0 saturated carbocycles. The molecule has 0 amide bonds. The lowest BCUT2D eigenvalue weighted by Crippen LogP contribution is -2.51. The molecule has 12 heavy (non-hydrogen) atoms. The first-order chi connectivity index (χ1) is 5.37. The normalized spacial score (nSPS) is 15.2. The largest absolute Gasteiger partial charge is 0.313 e. The van der Waals surface area contributed by atoms with Gasteiger partial charge >= 0.3 is 0 Å². The van der Waals surface area contributed by atoms with E-state index in [0.717, 1.165) is 19.3 Å². The van der Waals surface area contributed by atoms with E-state index >= 15 is 0 Å². The fraction of sp³-hybridized carbons (Fsp3) is 1.00. The fourth-order valence-electron chi connectivity index (χ4n) is 1.64. The third kappa shape index (κ3) is 5.56. The fourth-order valence-corrected chi connectivity index (χ4v) is 1.64. The van der Waals surface area contributed by atoms with Gasteiger partial charge in [-0.05, 0) is 24.7 Å². The van der Waals surface area contributed by atoms with Crippen molar-refractivity contribution >= 4 is 0 Å². The molecule has 0 saturated heterocycles. The topological polar surface area (TPSA) is 52.0 Å². The molecule has 0 aromatic carbocycles. The number of rotatable bonds is 5. The molecule has 0 aliphatic heterocycles. The van der Waals surface area contributed by atoms with Gasteiger partial charge in [0, 0.05) is 0 Å². The Hall–Kier alpha value is -0.0800. The Kier molecular flexibility index (Phi) is 4.80. The van der Waals surface area contributed by atoms with Gasteiger partial charge in [-0.3, -0.25) is 0 Å². The molecule has 0 aliphatic carbocycles. The van der Waals surface area contributed by atoms with Crippen molar-refractivity contribution in [1.29, 1.82) is 0 Å². The Morgan fingerprint density at radius 2 is 1.58 bits per heavy atom. The van der Waals surface area contributed by atoms with Crippen LogP contribution in [0.3, 0.4) is 0 Å². The van der Waals surface area contributed by atoms with Crippen LogP contribution in [0.4, 0.5) is 0 Å². The maximum Gasteiger partial charge on any atom is 0.0641 e. The molecule has 4 N–H and O–H groups in total. The molecule has 2 heteroatoms. The van der Waals surface area contributed by atoms with Gasteiger partial charge in [-0.1, -0.05) is 34.1 Å². The quantitative estimate of drug-likeness (QED) is 0.624. The second-order valence-electron chi connectivity index (χ2n) is 4.55. The Balaban J connectivity index is 3.85. The van der Waals surface area contributed by atoms with Crippen LogP contribution in [-0.4, -0.2) is 5.66 Å². The summed E-state index contributed by atoms with van der Waals surface area (Å²) in [6, 6.07) is 0. The summed E-state index contributed by atoms with van der Waals surface area (Å²) in [7, 11) is 0. The second-order valence-corrected chi connectivity index (χ2v) is 4.55. The summed E-state index contributed by atoms with van der Waals surface area (Å²) in [6.45, 7) is 8.70. The molecule has 0 aromatic heterocycles. The molecule has 0 aromatic rings. The SMILES string of the molecule is CCC(C)CC(N)(N)CC(C)C. The van der Waals surface area contributed by atoms with Gasteiger partial charge in [0.15, 0.2) is 0 Å². The van der Waals surface area contributed by atoms with Gasteiger partial charge in [0.05, 0.1) is 5.66 Å². The highest BCUT2D eigenvalue weighted by Crippen LogP contribution is 2.19. The third-order valence-electron chi connectivity index (χ3n) is 2.21. The predicted octanol–water partition coefficient (Wildman–Crippen LogP) is 2.08. The molecule has 74 valence electrons. The Morgan fingerprint density at radius 3 is 1.92 bits per heavy atom. The van der Waals surface area contributed by atoms with Crippen LogP contribution in [0.15, 0.2) is 0 Å². The highest BCUT2D eigenvalue weighted by atomic mass is 14.9. The zero-order valence-corrected chi connectivity index (χ0v) is 8.93. The molecule has 0 fully saturated rings. The van der Waals surface area contributed by atoms with Crippen LogP contribution >= 0.6 is 0 Å². The average molecular weight is 172 g/mol. The van der Waals surface area contributed by atoms with Gasteiger partial charge < -0.3 is 11.5 Å². The predicted molar refractivity (Wildman–Crippen MR) is 54.6 cm³/mol. The molecule has 0 radical (unpaired) electrons. The molecule has 2 nitrogen and oxygen atoms in total. The lowest BCUT2D eigenvalue weighted by atomic mass is 9.89. The molecule has 0 bridgehead atoms. The minimum Gasteiger partial charge on any atom is -0.313 e. The third-order valence-corrected chi connectivity index (χ3v) is 2.21. The monoisotopic (exact) mass is 172 g/mol. The van der Waals surface area contributed by atoms with Crippen LogP contribution in [0.5, 0.6) is 0 Å². The van der Waals surface area contributed by atoms with E-state index in [-0.39, 0.29) is 0 Å². The molecule has 0 aliphatic rings. The van der Waals surface area contributed by atoms with Crippen molar-refractivity contribution in [1.82, 2.24) is 0 Å². The van der Waals surface area contributed by atoms with Crippen LogP contribution in [0.2, 0.25) is 0 Å². The minimum atomic E-state index is -0.455. The zero-order chi connectivity index (χ0) is 9.78. The lowest BCUT2D eigenvalue weighted by Gasteiger charge is -2.29. The Labute approximate surface area is 76.7 Å². The molecule has 0 spiro atoms. The first kappa shape index (κ1) is 11.9. The summed E-state index contributed by atoms with van der Waals surface area (Å²) in [5.41, 5.74) is 11.5. The Morgan fingerprint density at radius 1 is 1.08 bits per heavy atom. The van der Waals surface area contributed by atoms with Crippen molar-refractivity contribution in [2.24, 2.45) is 23.3 Å². The van der Waals surface area contributed by atoms with Gasteiger partial charge in [0.25, 0.3) is 0 Å². The molecule has 0 heterocycles. The molecule has 0 rings (SSSR count). The zero-order valence-electron chi connectivity index (χ0n) is 8.93. The van der Waals surface area contributed by atoms with Crippen LogP contribution in [0, 0.1) is 11.8 Å². The van der Waals surface area contributed by atoms with Crippen molar-refractivity contribution in [3.8, 4) is 0 Å². The van der Waals surface area contributed by atoms with E-state index in [1.54, 1.807) is 0 Å². The number of nitrogens with two attached hydrogens (primary N) is 2. The van der Waals surface area contributed by atoms with E-state index in [1.807, 2.05) is 0 Å². The van der Waals surface area contributed by atoms with Gasteiger partial charge in [-0.15, -0.1) is 0 Å². The summed E-state index contributed by atoms with van der Waals surface area (Å²) >= 11 is 0. The first-order valence-corrected chi connectivity index (χ1v) is 4.95. The van der Waals surface area contributed by atoms with Crippen molar-refractivity contribution < 1.29 is 0 Å². The van der Waals surface area contributed by atoms with Crippen LogP contribution in [-0.2, 0) is 0 Å². The van der Waals surface area contributed by atoms with Gasteiger partial charge in [0.2, 0.25) is 0 Å². The molecular formula is C10H24N2. The minimum absolute atomic E-state index is 0.455. The summed E-state index contributed by atoms with van der Waals surface area (Å²) in [5, 5.41) is 0. The van der Waals surface area contributed by atoms with Crippen LogP contribution in [0.1, 0.15) is 47.0 Å². The highest BCUT2D eigenvalue weighted by Gasteiger charge is 2.22. The van der Waals surface area contributed by atoms with Gasteiger partial charge in [-0.25, -0.2) is 0 Å². The second kappa shape index (κ2) is 4.83. The van der Waals surface area contributed by atoms with Gasteiger partial charge in [-0.2, -0.15) is 0 Å². The summed E-state index contributed by atoms with van der Waals surface area (Å²) in [5.74, 6) is 1.22. The summed E-state index contributed by atoms with van der Waals surface area (Å²) in [6.07, 6.45) is 3.01. The van der Waals surface area contributed by atoms with E-state index in [2.05, 4.69) is 27.7 Å². The van der Waals surface area contributed by atoms with Crippen molar-refractivity contribution in [3.05, 3.63) is 0 Å². The van der Waals surface area contributed by atoms with Crippen LogP contribution < -0.4 is 11.5 Å². The number of hydrogen-bond donors (Lipinski definition) is 2. The maximum atomic E-state index is 5.97. The summed E-state index contributed by atoms with van der Waals surface area (Å²) in [4.78, 5) is 0. The molecule has 1 atom stereocenters. The standard InChI is InChI=1S/C10H24N2/c1-5-9(4)7-10(11,12)6-8(2)3/h8-9H,5-7,11-12H2,1-4H3. The highest BCUT2D eigenvalue weighted by molar-refractivity contribution is 4.79. The van der Waals surface area contributed by atoms with Gasteiger partial charge in [0.1, 0.15) is 0 Å².